The summed E-state index contributed by atoms with van der Waals surface area (Å²) < 4.78 is 19.5. The Labute approximate surface area is 179 Å². The minimum absolute atomic E-state index is 0.0357. The first-order chi connectivity index (χ1) is 15.2. The summed E-state index contributed by atoms with van der Waals surface area (Å²) >= 11 is 0. The summed E-state index contributed by atoms with van der Waals surface area (Å²) in [5.74, 6) is 1.91. The molecule has 2 aliphatic heterocycles. The molecule has 2 N–H and O–H groups in total. The minimum atomic E-state index is -0.100. The molecule has 0 bridgehead atoms. The van der Waals surface area contributed by atoms with E-state index in [4.69, 9.17) is 14.0 Å². The van der Waals surface area contributed by atoms with Crippen LogP contribution in [0.3, 0.4) is 0 Å². The van der Waals surface area contributed by atoms with E-state index in [0.717, 1.165) is 55.5 Å². The summed E-state index contributed by atoms with van der Waals surface area (Å²) in [6, 6.07) is 6.15. The maximum Gasteiger partial charge on any atom is 0.262 e. The van der Waals surface area contributed by atoms with E-state index in [2.05, 4.69) is 20.9 Å². The van der Waals surface area contributed by atoms with Gasteiger partial charge in [0.05, 0.1) is 11.1 Å². The average molecular weight is 423 g/mol. The number of aromatic nitrogens is 3. The zero-order valence-electron chi connectivity index (χ0n) is 17.3. The molecule has 2 saturated heterocycles. The van der Waals surface area contributed by atoms with E-state index in [9.17, 15) is 4.79 Å². The van der Waals surface area contributed by atoms with Gasteiger partial charge in [0, 0.05) is 37.4 Å². The number of hydrogen-bond donors (Lipinski definition) is 2. The van der Waals surface area contributed by atoms with Crippen molar-refractivity contribution in [1.82, 2.24) is 20.1 Å². The number of fused-ring (bicyclic) bond motifs is 2. The Hall–Kier alpha value is -2.91. The molecular weight excluding hydrogens is 398 g/mol. The number of aryl methyl sites for hydroxylation is 1. The van der Waals surface area contributed by atoms with Crippen molar-refractivity contribution in [2.45, 2.75) is 50.9 Å². The Kier molecular flexibility index (Phi) is 4.46. The Morgan fingerprint density at radius 3 is 3.10 bits per heavy atom. The molecule has 3 atom stereocenters. The van der Waals surface area contributed by atoms with Gasteiger partial charge in [-0.2, -0.15) is 5.10 Å². The van der Waals surface area contributed by atoms with Gasteiger partial charge < -0.3 is 24.6 Å². The highest BCUT2D eigenvalue weighted by Gasteiger charge is 2.41. The van der Waals surface area contributed by atoms with E-state index in [0.29, 0.717) is 23.5 Å². The fourth-order valence-corrected chi connectivity index (χ4v) is 4.57. The number of carbonyl (C=O) groups is 1. The van der Waals surface area contributed by atoms with Gasteiger partial charge in [0.15, 0.2) is 5.82 Å². The molecule has 3 aliphatic rings. The summed E-state index contributed by atoms with van der Waals surface area (Å²) in [6.45, 7) is 3.38. The molecule has 1 aliphatic carbocycles. The number of anilines is 1. The van der Waals surface area contributed by atoms with Gasteiger partial charge in [0.2, 0.25) is 5.91 Å². The van der Waals surface area contributed by atoms with Crippen LogP contribution < -0.4 is 15.4 Å². The van der Waals surface area contributed by atoms with Crippen LogP contribution in [0.15, 0.2) is 28.9 Å². The molecule has 31 heavy (non-hydrogen) atoms. The first-order valence-electron chi connectivity index (χ1n) is 10.9. The van der Waals surface area contributed by atoms with E-state index < -0.39 is 0 Å². The van der Waals surface area contributed by atoms with Gasteiger partial charge in [0.1, 0.15) is 18.0 Å². The number of ether oxygens (including phenoxy) is 2. The van der Waals surface area contributed by atoms with Gasteiger partial charge in [-0.05, 0) is 55.5 Å². The Morgan fingerprint density at radius 2 is 2.23 bits per heavy atom. The molecule has 0 radical (unpaired) electrons. The van der Waals surface area contributed by atoms with Gasteiger partial charge in [-0.15, -0.1) is 0 Å². The second-order valence-electron chi connectivity index (χ2n) is 8.65. The third-order valence-electron chi connectivity index (χ3n) is 6.36. The zero-order valence-corrected chi connectivity index (χ0v) is 17.3. The monoisotopic (exact) mass is 423 g/mol. The van der Waals surface area contributed by atoms with Crippen molar-refractivity contribution in [2.75, 3.05) is 18.5 Å². The summed E-state index contributed by atoms with van der Waals surface area (Å²) in [5.41, 5.74) is 2.62. The number of nitrogens with one attached hydrogen (secondary N) is 2. The molecule has 3 fully saturated rings. The van der Waals surface area contributed by atoms with Crippen molar-refractivity contribution in [3.63, 3.8) is 0 Å². The van der Waals surface area contributed by atoms with Crippen LogP contribution in [0.25, 0.3) is 16.6 Å². The second-order valence-corrected chi connectivity index (χ2v) is 8.65. The van der Waals surface area contributed by atoms with Crippen molar-refractivity contribution in [2.24, 2.45) is 5.92 Å². The molecule has 6 rings (SSSR count). The van der Waals surface area contributed by atoms with Crippen molar-refractivity contribution in [3.05, 3.63) is 30.2 Å². The van der Waals surface area contributed by atoms with Crippen LogP contribution in [0.2, 0.25) is 0 Å². The third kappa shape index (κ3) is 3.47. The highest BCUT2D eigenvalue weighted by Crippen LogP contribution is 2.36. The van der Waals surface area contributed by atoms with Crippen LogP contribution in [0, 0.1) is 12.8 Å². The lowest BCUT2D eigenvalue weighted by molar-refractivity contribution is -0.117. The third-order valence-corrected chi connectivity index (χ3v) is 6.36. The lowest BCUT2D eigenvalue weighted by atomic mass is 10.0. The molecule has 1 amide bonds. The highest BCUT2D eigenvalue weighted by molar-refractivity contribution is 5.93. The largest absolute Gasteiger partial charge is 0.468 e. The van der Waals surface area contributed by atoms with Crippen LogP contribution in [-0.2, 0) is 9.53 Å². The molecule has 9 nitrogen and oxygen atoms in total. The van der Waals surface area contributed by atoms with E-state index in [1.807, 2.05) is 31.3 Å². The normalized spacial score (nSPS) is 25.5. The zero-order chi connectivity index (χ0) is 20.9. The summed E-state index contributed by atoms with van der Waals surface area (Å²) in [4.78, 5) is 12.0. The SMILES string of the molecule is Cc1onc(O[C@@H]2CN[C@@H]3CCCO[C@H]32)c1-c1ccn2nc(NC(=O)C3CC3)cc2c1. The number of nitrogens with zero attached hydrogens (tertiary/aromatic N) is 3. The fraction of sp³-hybridized carbons (Fsp3) is 0.500. The predicted molar refractivity (Wildman–Crippen MR) is 112 cm³/mol. The van der Waals surface area contributed by atoms with Gasteiger partial charge in [-0.25, -0.2) is 4.52 Å². The van der Waals surface area contributed by atoms with Crippen LogP contribution in [-0.4, -0.2) is 52.1 Å². The van der Waals surface area contributed by atoms with E-state index in [1.54, 1.807) is 4.52 Å². The molecule has 5 heterocycles. The molecule has 0 unspecified atom stereocenters. The fourth-order valence-electron chi connectivity index (χ4n) is 4.57. The molecule has 0 aromatic carbocycles. The maximum absolute atomic E-state index is 12.0. The van der Waals surface area contributed by atoms with Crippen LogP contribution in [0.4, 0.5) is 5.82 Å². The van der Waals surface area contributed by atoms with Crippen LogP contribution >= 0.6 is 0 Å². The van der Waals surface area contributed by atoms with Gasteiger partial charge in [-0.3, -0.25) is 4.79 Å². The van der Waals surface area contributed by atoms with E-state index >= 15 is 0 Å². The van der Waals surface area contributed by atoms with Crippen LogP contribution in [0.1, 0.15) is 31.4 Å². The first kappa shape index (κ1) is 18.8. The van der Waals surface area contributed by atoms with Gasteiger partial charge >= 0.3 is 0 Å². The van der Waals surface area contributed by atoms with Crippen molar-refractivity contribution >= 4 is 17.2 Å². The van der Waals surface area contributed by atoms with Crippen LogP contribution in [0.5, 0.6) is 5.88 Å². The number of pyridine rings is 1. The number of hydrogen-bond acceptors (Lipinski definition) is 7. The quantitative estimate of drug-likeness (QED) is 0.650. The van der Waals surface area contributed by atoms with Crippen molar-refractivity contribution in [1.29, 1.82) is 0 Å². The summed E-state index contributed by atoms with van der Waals surface area (Å²) in [5, 5.41) is 15.0. The maximum atomic E-state index is 12.0. The predicted octanol–water partition coefficient (Wildman–Crippen LogP) is 2.54. The topological polar surface area (TPSA) is 103 Å². The molecular formula is C22H25N5O4. The molecule has 9 heteroatoms. The molecule has 3 aromatic heterocycles. The minimum Gasteiger partial charge on any atom is -0.468 e. The molecule has 3 aromatic rings. The number of rotatable bonds is 5. The van der Waals surface area contributed by atoms with E-state index in [-0.39, 0.29) is 24.0 Å². The highest BCUT2D eigenvalue weighted by atomic mass is 16.6. The Balaban J connectivity index is 1.27. The lowest BCUT2D eigenvalue weighted by Gasteiger charge is -2.28. The van der Waals surface area contributed by atoms with Crippen molar-refractivity contribution < 1.29 is 18.8 Å². The molecule has 0 spiro atoms. The molecule has 162 valence electrons. The number of amides is 1. The summed E-state index contributed by atoms with van der Waals surface area (Å²) in [7, 11) is 0. The second kappa shape index (κ2) is 7.35. The standard InChI is InChI=1S/C22H25N5O4/c1-12-19(22(26-31-12)30-17-11-23-16-3-2-8-29-20(16)17)14-6-7-27-15(9-14)10-18(25-27)24-21(28)13-4-5-13/h6-7,9-10,13,16-17,20,23H,2-5,8,11H2,1H3,(H,24,25,28)/t16-,17-,20-/m1/s1. The van der Waals surface area contributed by atoms with Gasteiger partial charge in [-0.1, -0.05) is 0 Å². The number of carbonyl (C=O) groups excluding carboxylic acids is 1. The molecule has 1 saturated carbocycles. The van der Waals surface area contributed by atoms with Crippen molar-refractivity contribution in [3.8, 4) is 17.0 Å². The first-order valence-corrected chi connectivity index (χ1v) is 10.9. The Bertz CT molecular complexity index is 1130. The van der Waals surface area contributed by atoms with Gasteiger partial charge in [0.25, 0.3) is 5.88 Å². The summed E-state index contributed by atoms with van der Waals surface area (Å²) in [6.07, 6.45) is 5.90. The smallest absolute Gasteiger partial charge is 0.262 e. The average Bonchev–Trinajstić information content (AvgIpc) is 3.30. The Morgan fingerprint density at radius 1 is 1.32 bits per heavy atom. The van der Waals surface area contributed by atoms with E-state index in [1.165, 1.54) is 0 Å². The lowest BCUT2D eigenvalue weighted by Crippen LogP contribution is -2.41.